The van der Waals surface area contributed by atoms with E-state index < -0.39 is 15.8 Å². The van der Waals surface area contributed by atoms with E-state index in [9.17, 15) is 12.8 Å². The molecule has 4 nitrogen and oxygen atoms in total. The normalized spacial score (nSPS) is 11.8. The number of halogens is 1. The Morgan fingerprint density at radius 3 is 2.80 bits per heavy atom. The highest BCUT2D eigenvalue weighted by Crippen LogP contribution is 2.32. The number of sulfonamides is 1. The van der Waals surface area contributed by atoms with E-state index in [0.717, 1.165) is 32.8 Å². The van der Waals surface area contributed by atoms with Gasteiger partial charge in [0.25, 0.3) is 10.0 Å². The highest BCUT2D eigenvalue weighted by molar-refractivity contribution is 8.01. The summed E-state index contributed by atoms with van der Waals surface area (Å²) < 4.78 is 43.0. The molecule has 0 aliphatic heterocycles. The Balaban J connectivity index is 1.90. The van der Waals surface area contributed by atoms with Crippen molar-refractivity contribution in [3.8, 4) is 0 Å². The first-order chi connectivity index (χ1) is 11.9. The number of anilines is 1. The van der Waals surface area contributed by atoms with Crippen LogP contribution in [0.2, 0.25) is 0 Å². The number of thioether (sulfide) groups is 1. The summed E-state index contributed by atoms with van der Waals surface area (Å²) in [6.07, 6.45) is 1.07. The maximum atomic E-state index is 13.4. The Hall–Kier alpha value is -1.64. The summed E-state index contributed by atoms with van der Waals surface area (Å²) in [4.78, 5) is 4.47. The van der Waals surface area contributed by atoms with E-state index in [1.165, 1.54) is 23.5 Å². The van der Waals surface area contributed by atoms with Crippen molar-refractivity contribution in [1.29, 1.82) is 0 Å². The summed E-state index contributed by atoms with van der Waals surface area (Å²) in [6.45, 7) is 3.75. The highest BCUT2D eigenvalue weighted by Gasteiger charge is 2.18. The fraction of sp³-hybridized carbons (Fsp3) is 0.235. The van der Waals surface area contributed by atoms with Crippen LogP contribution in [0.15, 0.2) is 45.6 Å². The number of aryl methyl sites for hydroxylation is 1. The molecule has 132 valence electrons. The largest absolute Gasteiger partial charge is 0.280 e. The highest BCUT2D eigenvalue weighted by atomic mass is 32.2. The van der Waals surface area contributed by atoms with Crippen molar-refractivity contribution in [1.82, 2.24) is 4.98 Å². The van der Waals surface area contributed by atoms with E-state index in [2.05, 4.69) is 16.6 Å². The molecule has 3 aromatic rings. The molecule has 0 unspecified atom stereocenters. The molecule has 1 heterocycles. The standard InChI is InChI=1S/C17H17FN2O2S3/c1-3-8-23-17-19-14-7-6-13(10-15(14)24-17)20-25(21,22)16-9-12(18)5-4-11(16)2/h4-7,9-10,20H,3,8H2,1-2H3. The number of benzene rings is 2. The summed E-state index contributed by atoms with van der Waals surface area (Å²) >= 11 is 3.23. The second-order valence-corrected chi connectivity index (χ2v) is 9.55. The maximum absolute atomic E-state index is 13.4. The van der Waals surface area contributed by atoms with E-state index in [-0.39, 0.29) is 4.90 Å². The number of hydrogen-bond acceptors (Lipinski definition) is 5. The molecule has 3 rings (SSSR count). The summed E-state index contributed by atoms with van der Waals surface area (Å²) in [7, 11) is -3.85. The molecule has 0 fully saturated rings. The molecule has 0 aliphatic carbocycles. The molecule has 0 spiro atoms. The maximum Gasteiger partial charge on any atom is 0.262 e. The van der Waals surface area contributed by atoms with Gasteiger partial charge in [0.15, 0.2) is 4.34 Å². The number of nitrogens with zero attached hydrogens (tertiary/aromatic N) is 1. The van der Waals surface area contributed by atoms with Gasteiger partial charge in [0.2, 0.25) is 0 Å². The van der Waals surface area contributed by atoms with Crippen LogP contribution >= 0.6 is 23.1 Å². The van der Waals surface area contributed by atoms with Crippen molar-refractivity contribution < 1.29 is 12.8 Å². The van der Waals surface area contributed by atoms with Crippen molar-refractivity contribution in [3.63, 3.8) is 0 Å². The first-order valence-electron chi connectivity index (χ1n) is 7.71. The second kappa shape index (κ2) is 7.31. The van der Waals surface area contributed by atoms with E-state index >= 15 is 0 Å². The Morgan fingerprint density at radius 1 is 1.24 bits per heavy atom. The van der Waals surface area contributed by atoms with Gasteiger partial charge in [-0.1, -0.05) is 24.8 Å². The molecular formula is C17H17FN2O2S3. The molecule has 0 radical (unpaired) electrons. The molecular weight excluding hydrogens is 379 g/mol. The average Bonchev–Trinajstić information content (AvgIpc) is 2.96. The summed E-state index contributed by atoms with van der Waals surface area (Å²) in [6, 6.07) is 8.94. The number of aromatic nitrogens is 1. The zero-order chi connectivity index (χ0) is 18.0. The third-order valence-electron chi connectivity index (χ3n) is 3.49. The quantitative estimate of drug-likeness (QED) is 0.593. The minimum absolute atomic E-state index is 0.0592. The van der Waals surface area contributed by atoms with Crippen LogP contribution in [0, 0.1) is 12.7 Å². The monoisotopic (exact) mass is 396 g/mol. The zero-order valence-corrected chi connectivity index (χ0v) is 16.2. The van der Waals surface area contributed by atoms with E-state index in [1.54, 1.807) is 36.9 Å². The number of thiazole rings is 1. The van der Waals surface area contributed by atoms with Crippen LogP contribution in [-0.2, 0) is 10.0 Å². The Morgan fingerprint density at radius 2 is 2.04 bits per heavy atom. The lowest BCUT2D eigenvalue weighted by Gasteiger charge is -2.10. The predicted molar refractivity (Wildman–Crippen MR) is 103 cm³/mol. The van der Waals surface area contributed by atoms with Gasteiger partial charge in [0, 0.05) is 5.75 Å². The van der Waals surface area contributed by atoms with Gasteiger partial charge in [-0.3, -0.25) is 4.72 Å². The van der Waals surface area contributed by atoms with Gasteiger partial charge in [-0.05, 0) is 49.2 Å². The van der Waals surface area contributed by atoms with Gasteiger partial charge in [0.05, 0.1) is 20.8 Å². The molecule has 1 N–H and O–H groups in total. The molecule has 25 heavy (non-hydrogen) atoms. The number of nitrogens with one attached hydrogen (secondary N) is 1. The van der Waals surface area contributed by atoms with Gasteiger partial charge < -0.3 is 0 Å². The van der Waals surface area contributed by atoms with E-state index in [1.807, 2.05) is 0 Å². The predicted octanol–water partition coefficient (Wildman–Crippen LogP) is 5.05. The molecule has 0 aliphatic rings. The molecule has 2 aromatic carbocycles. The fourth-order valence-corrected chi connectivity index (χ4v) is 5.63. The van der Waals surface area contributed by atoms with Gasteiger partial charge >= 0.3 is 0 Å². The zero-order valence-electron chi connectivity index (χ0n) is 13.7. The van der Waals surface area contributed by atoms with Crippen LogP contribution in [0.5, 0.6) is 0 Å². The molecule has 0 bridgehead atoms. The SMILES string of the molecule is CCCSc1nc2ccc(NS(=O)(=O)c3cc(F)ccc3C)cc2s1. The third kappa shape index (κ3) is 4.13. The van der Waals surface area contributed by atoms with Crippen LogP contribution in [0.3, 0.4) is 0 Å². The summed E-state index contributed by atoms with van der Waals surface area (Å²) in [5.74, 6) is 0.416. The third-order valence-corrected chi connectivity index (χ3v) is 7.38. The first kappa shape index (κ1) is 18.2. The second-order valence-electron chi connectivity index (χ2n) is 5.53. The first-order valence-corrected chi connectivity index (χ1v) is 11.0. The van der Waals surface area contributed by atoms with Crippen LogP contribution < -0.4 is 4.72 Å². The molecule has 0 saturated carbocycles. The van der Waals surface area contributed by atoms with Crippen LogP contribution in [0.1, 0.15) is 18.9 Å². The lowest BCUT2D eigenvalue weighted by Crippen LogP contribution is -2.14. The summed E-state index contributed by atoms with van der Waals surface area (Å²) in [5.41, 5.74) is 1.77. The Labute approximate surface area is 154 Å². The van der Waals surface area contributed by atoms with Gasteiger partial charge in [-0.25, -0.2) is 17.8 Å². The minimum Gasteiger partial charge on any atom is -0.280 e. The van der Waals surface area contributed by atoms with Crippen LogP contribution in [0.4, 0.5) is 10.1 Å². The van der Waals surface area contributed by atoms with E-state index in [0.29, 0.717) is 11.3 Å². The van der Waals surface area contributed by atoms with Crippen molar-refractivity contribution in [3.05, 3.63) is 47.8 Å². The number of fused-ring (bicyclic) bond motifs is 1. The smallest absolute Gasteiger partial charge is 0.262 e. The summed E-state index contributed by atoms with van der Waals surface area (Å²) in [5, 5.41) is 0. The van der Waals surface area contributed by atoms with Crippen LogP contribution in [-0.4, -0.2) is 19.2 Å². The molecule has 0 saturated heterocycles. The Kier molecular flexibility index (Phi) is 5.31. The van der Waals surface area contributed by atoms with Gasteiger partial charge in [-0.2, -0.15) is 0 Å². The van der Waals surface area contributed by atoms with Gasteiger partial charge in [0.1, 0.15) is 5.82 Å². The van der Waals surface area contributed by atoms with Gasteiger partial charge in [-0.15, -0.1) is 11.3 Å². The lowest BCUT2D eigenvalue weighted by atomic mass is 10.2. The Bertz CT molecular complexity index is 1020. The lowest BCUT2D eigenvalue weighted by molar-refractivity contribution is 0.594. The topological polar surface area (TPSA) is 59.1 Å². The van der Waals surface area contributed by atoms with Crippen molar-refractivity contribution in [2.75, 3.05) is 10.5 Å². The minimum atomic E-state index is -3.85. The van der Waals surface area contributed by atoms with Crippen molar-refractivity contribution >= 4 is 49.0 Å². The van der Waals surface area contributed by atoms with Crippen molar-refractivity contribution in [2.24, 2.45) is 0 Å². The van der Waals surface area contributed by atoms with Crippen molar-refractivity contribution in [2.45, 2.75) is 29.5 Å². The number of hydrogen-bond donors (Lipinski definition) is 1. The molecule has 0 atom stereocenters. The average molecular weight is 397 g/mol. The molecule has 0 amide bonds. The number of rotatable bonds is 6. The fourth-order valence-electron chi connectivity index (χ4n) is 2.29. The van der Waals surface area contributed by atoms with Crippen LogP contribution in [0.25, 0.3) is 10.2 Å². The molecule has 8 heteroatoms. The molecule has 1 aromatic heterocycles. The van der Waals surface area contributed by atoms with E-state index in [4.69, 9.17) is 0 Å².